The normalized spacial score (nSPS) is 18.0. The van der Waals surface area contributed by atoms with Gasteiger partial charge in [0.05, 0.1) is 6.26 Å². The first kappa shape index (κ1) is 17.9. The highest BCUT2D eigenvalue weighted by molar-refractivity contribution is 7.88. The van der Waals surface area contributed by atoms with Gasteiger partial charge in [-0.25, -0.2) is 13.1 Å². The summed E-state index contributed by atoms with van der Waals surface area (Å²) in [7, 11) is -3.44. The van der Waals surface area contributed by atoms with Gasteiger partial charge in [-0.1, -0.05) is 13.8 Å². The molecule has 0 unspecified atom stereocenters. The van der Waals surface area contributed by atoms with E-state index in [9.17, 15) is 18.0 Å². The van der Waals surface area contributed by atoms with Crippen LogP contribution in [0.4, 0.5) is 0 Å². The van der Waals surface area contributed by atoms with E-state index in [1.807, 2.05) is 13.8 Å². The minimum atomic E-state index is -3.44. The zero-order valence-electron chi connectivity index (χ0n) is 13.1. The van der Waals surface area contributed by atoms with Crippen molar-refractivity contribution in [2.45, 2.75) is 33.2 Å². The van der Waals surface area contributed by atoms with Gasteiger partial charge in [0.1, 0.15) is 6.04 Å². The van der Waals surface area contributed by atoms with Crippen molar-refractivity contribution in [1.29, 1.82) is 0 Å². The third kappa shape index (κ3) is 6.01. The van der Waals surface area contributed by atoms with Crippen molar-refractivity contribution in [3.63, 3.8) is 0 Å². The maximum Gasteiger partial charge on any atom is 0.240 e. The van der Waals surface area contributed by atoms with Gasteiger partial charge in [0.15, 0.2) is 0 Å². The highest BCUT2D eigenvalue weighted by Crippen LogP contribution is 2.11. The molecule has 8 heteroatoms. The first-order chi connectivity index (χ1) is 9.60. The zero-order valence-corrected chi connectivity index (χ0v) is 13.9. The Hall–Kier alpha value is -1.15. The lowest BCUT2D eigenvalue weighted by Gasteiger charge is -2.36. The summed E-state index contributed by atoms with van der Waals surface area (Å²) in [5.41, 5.74) is 0. The SMILES string of the molecule is CC(=O)N1CCN(C(=O)[C@@H](CC(C)C)NS(C)(=O)=O)CC1. The third-order valence-corrected chi connectivity index (χ3v) is 4.11. The molecule has 0 radical (unpaired) electrons. The van der Waals surface area contributed by atoms with Crippen molar-refractivity contribution < 1.29 is 18.0 Å². The summed E-state index contributed by atoms with van der Waals surface area (Å²) in [6.07, 6.45) is 1.51. The molecule has 1 N–H and O–H groups in total. The van der Waals surface area contributed by atoms with Gasteiger partial charge < -0.3 is 9.80 Å². The van der Waals surface area contributed by atoms with Gasteiger partial charge >= 0.3 is 0 Å². The van der Waals surface area contributed by atoms with Crippen LogP contribution in [0.2, 0.25) is 0 Å². The first-order valence-corrected chi connectivity index (χ1v) is 9.01. The summed E-state index contributed by atoms with van der Waals surface area (Å²) in [5, 5.41) is 0. The Balaban J connectivity index is 2.70. The second-order valence-corrected chi connectivity index (χ2v) is 7.68. The number of rotatable bonds is 5. The van der Waals surface area contributed by atoms with Crippen molar-refractivity contribution in [2.24, 2.45) is 5.92 Å². The molecule has 0 aromatic carbocycles. The second-order valence-electron chi connectivity index (χ2n) is 5.90. The van der Waals surface area contributed by atoms with Gasteiger partial charge in [0.25, 0.3) is 0 Å². The largest absolute Gasteiger partial charge is 0.339 e. The molecule has 2 amide bonds. The van der Waals surface area contributed by atoms with E-state index in [0.717, 1.165) is 6.26 Å². The van der Waals surface area contributed by atoms with Gasteiger partial charge in [-0.3, -0.25) is 9.59 Å². The molecule has 21 heavy (non-hydrogen) atoms. The first-order valence-electron chi connectivity index (χ1n) is 7.11. The summed E-state index contributed by atoms with van der Waals surface area (Å²) in [4.78, 5) is 27.1. The van der Waals surface area contributed by atoms with Gasteiger partial charge in [-0.2, -0.15) is 0 Å². The smallest absolute Gasteiger partial charge is 0.240 e. The highest BCUT2D eigenvalue weighted by atomic mass is 32.2. The predicted octanol–water partition coefficient (Wildman–Crippen LogP) is -0.359. The Kier molecular flexibility index (Phi) is 6.15. The van der Waals surface area contributed by atoms with Crippen LogP contribution in [0.1, 0.15) is 27.2 Å². The van der Waals surface area contributed by atoms with Crippen molar-refractivity contribution in [3.05, 3.63) is 0 Å². The number of nitrogens with zero attached hydrogens (tertiary/aromatic N) is 2. The number of nitrogens with one attached hydrogen (secondary N) is 1. The summed E-state index contributed by atoms with van der Waals surface area (Å²) in [5.74, 6) is -0.0147. The summed E-state index contributed by atoms with van der Waals surface area (Å²) in [6.45, 7) is 7.26. The molecule has 1 saturated heterocycles. The number of amides is 2. The Morgan fingerprint density at radius 2 is 1.57 bits per heavy atom. The van der Waals surface area contributed by atoms with E-state index in [1.54, 1.807) is 9.80 Å². The Morgan fingerprint density at radius 3 is 1.95 bits per heavy atom. The van der Waals surface area contributed by atoms with Crippen LogP contribution in [-0.2, 0) is 19.6 Å². The molecular weight excluding hydrogens is 294 g/mol. The van der Waals surface area contributed by atoms with Gasteiger partial charge in [-0.05, 0) is 12.3 Å². The molecule has 0 spiro atoms. The minimum absolute atomic E-state index is 0.00455. The molecular formula is C13H25N3O4S. The number of carbonyl (C=O) groups excluding carboxylic acids is 2. The standard InChI is InChI=1S/C13H25N3O4S/c1-10(2)9-12(14-21(4,19)20)13(18)16-7-5-15(6-8-16)11(3)17/h10,12,14H,5-9H2,1-4H3/t12-/m1/s1. The molecule has 0 aromatic rings. The van der Waals surface area contributed by atoms with Crippen molar-refractivity contribution in [3.8, 4) is 0 Å². The molecule has 1 rings (SSSR count). The fraction of sp³-hybridized carbons (Fsp3) is 0.846. The van der Waals surface area contributed by atoms with E-state index >= 15 is 0 Å². The van der Waals surface area contributed by atoms with Crippen LogP contribution in [0.15, 0.2) is 0 Å². The van der Waals surface area contributed by atoms with Gasteiger partial charge in [0, 0.05) is 33.1 Å². The lowest BCUT2D eigenvalue weighted by Crippen LogP contribution is -2.55. The molecule has 0 bridgehead atoms. The Morgan fingerprint density at radius 1 is 1.10 bits per heavy atom. The van der Waals surface area contributed by atoms with E-state index in [4.69, 9.17) is 0 Å². The summed E-state index contributed by atoms with van der Waals surface area (Å²) < 4.78 is 25.3. The molecule has 122 valence electrons. The van der Waals surface area contributed by atoms with E-state index < -0.39 is 16.1 Å². The molecule has 1 aliphatic heterocycles. The highest BCUT2D eigenvalue weighted by Gasteiger charge is 2.30. The van der Waals surface area contributed by atoms with Gasteiger partial charge in [0.2, 0.25) is 21.8 Å². The van der Waals surface area contributed by atoms with Crippen molar-refractivity contribution in [2.75, 3.05) is 32.4 Å². The van der Waals surface area contributed by atoms with E-state index in [2.05, 4.69) is 4.72 Å². The summed E-state index contributed by atoms with van der Waals surface area (Å²) in [6, 6.07) is -0.733. The molecule has 1 heterocycles. The Bertz CT molecular complexity index is 482. The fourth-order valence-electron chi connectivity index (χ4n) is 2.39. The topological polar surface area (TPSA) is 86.8 Å². The van der Waals surface area contributed by atoms with Crippen LogP contribution in [-0.4, -0.2) is 68.5 Å². The quantitative estimate of drug-likeness (QED) is 0.750. The van der Waals surface area contributed by atoms with Crippen LogP contribution in [0.25, 0.3) is 0 Å². The molecule has 1 aliphatic rings. The van der Waals surface area contributed by atoms with Crippen LogP contribution in [0.5, 0.6) is 0 Å². The average molecular weight is 319 g/mol. The van der Waals surface area contributed by atoms with Crippen molar-refractivity contribution in [1.82, 2.24) is 14.5 Å². The van der Waals surface area contributed by atoms with Crippen molar-refractivity contribution >= 4 is 21.8 Å². The lowest BCUT2D eigenvalue weighted by atomic mass is 10.0. The summed E-state index contributed by atoms with van der Waals surface area (Å²) >= 11 is 0. The number of sulfonamides is 1. The number of hydrogen-bond donors (Lipinski definition) is 1. The van der Waals surface area contributed by atoms with Crippen LogP contribution in [0.3, 0.4) is 0 Å². The van der Waals surface area contributed by atoms with Crippen LogP contribution < -0.4 is 4.72 Å². The molecule has 1 atom stereocenters. The second kappa shape index (κ2) is 7.22. The maximum atomic E-state index is 12.5. The van der Waals surface area contributed by atoms with Crippen LogP contribution >= 0.6 is 0 Å². The number of hydrogen-bond acceptors (Lipinski definition) is 4. The van der Waals surface area contributed by atoms with Gasteiger partial charge in [-0.15, -0.1) is 0 Å². The Labute approximate surface area is 126 Å². The average Bonchev–Trinajstić information content (AvgIpc) is 2.35. The predicted molar refractivity (Wildman–Crippen MR) is 80.1 cm³/mol. The number of carbonyl (C=O) groups is 2. The third-order valence-electron chi connectivity index (χ3n) is 3.40. The number of piperazine rings is 1. The fourth-order valence-corrected chi connectivity index (χ4v) is 3.11. The molecule has 7 nitrogen and oxygen atoms in total. The monoisotopic (exact) mass is 319 g/mol. The van der Waals surface area contributed by atoms with E-state index in [0.29, 0.717) is 32.6 Å². The minimum Gasteiger partial charge on any atom is -0.339 e. The van der Waals surface area contributed by atoms with E-state index in [1.165, 1.54) is 6.92 Å². The molecule has 1 fully saturated rings. The van der Waals surface area contributed by atoms with Crippen LogP contribution in [0, 0.1) is 5.92 Å². The lowest BCUT2D eigenvalue weighted by molar-refractivity contribution is -0.139. The molecule has 0 aliphatic carbocycles. The molecule has 0 saturated carbocycles. The molecule has 0 aromatic heterocycles. The maximum absolute atomic E-state index is 12.5. The zero-order chi connectivity index (χ0) is 16.2. The van der Waals surface area contributed by atoms with E-state index in [-0.39, 0.29) is 17.7 Å².